The zero-order valence-corrected chi connectivity index (χ0v) is 18.7. The molecular formula is C24H25N3O4S. The lowest BCUT2D eigenvalue weighted by atomic mass is 10.2. The second-order valence-electron chi connectivity index (χ2n) is 7.79. The predicted octanol–water partition coefficient (Wildman–Crippen LogP) is 3.43. The van der Waals surface area contributed by atoms with E-state index >= 15 is 0 Å². The van der Waals surface area contributed by atoms with E-state index in [0.717, 1.165) is 26.1 Å². The van der Waals surface area contributed by atoms with Crippen LogP contribution in [-0.4, -0.2) is 48.0 Å². The number of benzene rings is 3. The molecule has 3 aromatic carbocycles. The standard InChI is InChI=1S/C24H25N3O4S/c1-17(28)25-18-11-13-20(14-12-18)32(30,31)26(2)15-19(29)16-27-23-9-5-3-7-21(23)22-8-4-6-10-24(22)27/h3-14,19,29H,15-16H2,1-2H3,(H,25,28). The number of nitrogens with one attached hydrogen (secondary N) is 1. The minimum atomic E-state index is -3.79. The highest BCUT2D eigenvalue weighted by molar-refractivity contribution is 7.89. The number of para-hydroxylation sites is 2. The van der Waals surface area contributed by atoms with E-state index in [9.17, 15) is 18.3 Å². The van der Waals surface area contributed by atoms with Gasteiger partial charge in [0.05, 0.1) is 17.5 Å². The monoisotopic (exact) mass is 451 g/mol. The van der Waals surface area contributed by atoms with Gasteiger partial charge in [-0.25, -0.2) is 8.42 Å². The number of carbonyl (C=O) groups is 1. The Morgan fingerprint density at radius 1 is 0.969 bits per heavy atom. The molecular weight excluding hydrogens is 426 g/mol. The van der Waals surface area contributed by atoms with Gasteiger partial charge in [0.25, 0.3) is 0 Å². The van der Waals surface area contributed by atoms with Gasteiger partial charge in [0.15, 0.2) is 0 Å². The first kappa shape index (κ1) is 22.0. The summed E-state index contributed by atoms with van der Waals surface area (Å²) in [5, 5.41) is 15.6. The Labute approximate surface area is 186 Å². The molecule has 4 aromatic rings. The number of hydrogen-bond acceptors (Lipinski definition) is 4. The molecule has 0 bridgehead atoms. The molecule has 0 spiro atoms. The van der Waals surface area contributed by atoms with Crippen molar-refractivity contribution in [1.82, 2.24) is 8.87 Å². The van der Waals surface area contributed by atoms with E-state index < -0.39 is 16.1 Å². The van der Waals surface area contributed by atoms with Crippen molar-refractivity contribution in [2.45, 2.75) is 24.5 Å². The maximum absolute atomic E-state index is 12.9. The van der Waals surface area contributed by atoms with Crippen molar-refractivity contribution in [2.24, 2.45) is 0 Å². The van der Waals surface area contributed by atoms with Gasteiger partial charge in [0.1, 0.15) is 0 Å². The molecule has 1 amide bonds. The summed E-state index contributed by atoms with van der Waals surface area (Å²) in [5.41, 5.74) is 2.50. The van der Waals surface area contributed by atoms with Gasteiger partial charge in [-0.3, -0.25) is 4.79 Å². The van der Waals surface area contributed by atoms with Crippen LogP contribution in [0.4, 0.5) is 5.69 Å². The quantitative estimate of drug-likeness (QED) is 0.450. The Balaban J connectivity index is 1.54. The van der Waals surface area contributed by atoms with Gasteiger partial charge in [0.2, 0.25) is 15.9 Å². The van der Waals surface area contributed by atoms with E-state index in [1.807, 2.05) is 53.1 Å². The molecule has 0 aliphatic carbocycles. The molecule has 0 fully saturated rings. The summed E-state index contributed by atoms with van der Waals surface area (Å²) in [6, 6.07) is 21.9. The number of amides is 1. The molecule has 0 saturated carbocycles. The Morgan fingerprint density at radius 3 is 2.03 bits per heavy atom. The van der Waals surface area contributed by atoms with Crippen LogP contribution in [0.2, 0.25) is 0 Å². The molecule has 0 aliphatic rings. The van der Waals surface area contributed by atoms with Gasteiger partial charge >= 0.3 is 0 Å². The highest BCUT2D eigenvalue weighted by Crippen LogP contribution is 2.29. The molecule has 0 radical (unpaired) electrons. The third-order valence-corrected chi connectivity index (χ3v) is 7.26. The van der Waals surface area contributed by atoms with Crippen LogP contribution in [0.15, 0.2) is 77.7 Å². The number of aromatic nitrogens is 1. The molecule has 8 heteroatoms. The molecule has 1 aromatic heterocycles. The number of fused-ring (bicyclic) bond motifs is 3. The van der Waals surface area contributed by atoms with Gasteiger partial charge in [-0.15, -0.1) is 0 Å². The molecule has 166 valence electrons. The van der Waals surface area contributed by atoms with Crippen molar-refractivity contribution in [3.8, 4) is 0 Å². The summed E-state index contributed by atoms with van der Waals surface area (Å²) in [7, 11) is -2.34. The number of anilines is 1. The number of hydrogen-bond donors (Lipinski definition) is 2. The fourth-order valence-electron chi connectivity index (χ4n) is 3.96. The molecule has 4 rings (SSSR count). The van der Waals surface area contributed by atoms with E-state index in [2.05, 4.69) is 5.32 Å². The lowest BCUT2D eigenvalue weighted by molar-refractivity contribution is -0.114. The average Bonchev–Trinajstić information content (AvgIpc) is 3.07. The number of aliphatic hydroxyl groups excluding tert-OH is 1. The zero-order chi connectivity index (χ0) is 22.9. The highest BCUT2D eigenvalue weighted by atomic mass is 32.2. The first-order chi connectivity index (χ1) is 15.3. The van der Waals surface area contributed by atoms with Crippen molar-refractivity contribution in [2.75, 3.05) is 18.9 Å². The topological polar surface area (TPSA) is 91.6 Å². The van der Waals surface area contributed by atoms with Gasteiger partial charge < -0.3 is 15.0 Å². The molecule has 0 saturated heterocycles. The Hall–Kier alpha value is -3.20. The third kappa shape index (κ3) is 4.25. The molecule has 1 atom stereocenters. The predicted molar refractivity (Wildman–Crippen MR) is 126 cm³/mol. The summed E-state index contributed by atoms with van der Waals surface area (Å²) in [4.78, 5) is 11.2. The van der Waals surface area contributed by atoms with Crippen molar-refractivity contribution in [1.29, 1.82) is 0 Å². The molecule has 1 unspecified atom stereocenters. The van der Waals surface area contributed by atoms with Gasteiger partial charge in [-0.1, -0.05) is 36.4 Å². The molecule has 0 aliphatic heterocycles. The van der Waals surface area contributed by atoms with Crippen LogP contribution in [-0.2, 0) is 21.4 Å². The maximum atomic E-state index is 12.9. The maximum Gasteiger partial charge on any atom is 0.242 e. The number of sulfonamides is 1. The van der Waals surface area contributed by atoms with Crippen LogP contribution in [0.3, 0.4) is 0 Å². The number of likely N-dealkylation sites (N-methyl/N-ethyl adjacent to an activating group) is 1. The Kier molecular flexibility index (Phi) is 6.01. The van der Waals surface area contributed by atoms with Crippen LogP contribution in [0, 0.1) is 0 Å². The first-order valence-electron chi connectivity index (χ1n) is 10.3. The van der Waals surface area contributed by atoms with Crippen LogP contribution < -0.4 is 5.32 Å². The second kappa shape index (κ2) is 8.74. The number of carbonyl (C=O) groups excluding carboxylic acids is 1. The lowest BCUT2D eigenvalue weighted by Crippen LogP contribution is -2.36. The summed E-state index contributed by atoms with van der Waals surface area (Å²) in [5.74, 6) is -0.231. The van der Waals surface area contributed by atoms with Crippen molar-refractivity contribution in [3.63, 3.8) is 0 Å². The largest absolute Gasteiger partial charge is 0.390 e. The zero-order valence-electron chi connectivity index (χ0n) is 17.9. The smallest absolute Gasteiger partial charge is 0.242 e. The van der Waals surface area contributed by atoms with E-state index in [0.29, 0.717) is 5.69 Å². The minimum absolute atomic E-state index is 0.0589. The van der Waals surface area contributed by atoms with E-state index in [-0.39, 0.29) is 23.9 Å². The van der Waals surface area contributed by atoms with Crippen LogP contribution >= 0.6 is 0 Å². The fraction of sp³-hybridized carbons (Fsp3) is 0.208. The molecule has 2 N–H and O–H groups in total. The van der Waals surface area contributed by atoms with Crippen LogP contribution in [0.5, 0.6) is 0 Å². The summed E-state index contributed by atoms with van der Waals surface area (Å²) in [6.07, 6.45) is -0.910. The second-order valence-corrected chi connectivity index (χ2v) is 9.83. The SMILES string of the molecule is CC(=O)Nc1ccc(S(=O)(=O)N(C)CC(O)Cn2c3ccccc3c3ccccc32)cc1. The summed E-state index contributed by atoms with van der Waals surface area (Å²) in [6.45, 7) is 1.59. The molecule has 7 nitrogen and oxygen atoms in total. The first-order valence-corrected chi connectivity index (χ1v) is 11.7. The molecule has 32 heavy (non-hydrogen) atoms. The van der Waals surface area contributed by atoms with Crippen molar-refractivity contribution in [3.05, 3.63) is 72.8 Å². The lowest BCUT2D eigenvalue weighted by Gasteiger charge is -2.22. The normalized spacial score (nSPS) is 13.0. The Bertz CT molecular complexity index is 1320. The summed E-state index contributed by atoms with van der Waals surface area (Å²) < 4.78 is 29.1. The number of rotatable bonds is 7. The van der Waals surface area contributed by atoms with Gasteiger partial charge in [-0.2, -0.15) is 4.31 Å². The van der Waals surface area contributed by atoms with Crippen LogP contribution in [0.25, 0.3) is 21.8 Å². The van der Waals surface area contributed by atoms with E-state index in [4.69, 9.17) is 0 Å². The minimum Gasteiger partial charge on any atom is -0.390 e. The third-order valence-electron chi connectivity index (χ3n) is 5.42. The number of aliphatic hydroxyl groups is 1. The van der Waals surface area contributed by atoms with Gasteiger partial charge in [-0.05, 0) is 36.4 Å². The summed E-state index contributed by atoms with van der Waals surface area (Å²) >= 11 is 0. The Morgan fingerprint density at radius 2 is 1.50 bits per heavy atom. The van der Waals surface area contributed by atoms with E-state index in [1.165, 1.54) is 38.2 Å². The van der Waals surface area contributed by atoms with Crippen molar-refractivity contribution >= 4 is 43.4 Å². The highest BCUT2D eigenvalue weighted by Gasteiger charge is 2.24. The van der Waals surface area contributed by atoms with E-state index in [1.54, 1.807) is 0 Å². The van der Waals surface area contributed by atoms with Crippen LogP contribution in [0.1, 0.15) is 6.92 Å². The molecule has 1 heterocycles. The van der Waals surface area contributed by atoms with Gasteiger partial charge in [0, 0.05) is 48.0 Å². The van der Waals surface area contributed by atoms with Crippen molar-refractivity contribution < 1.29 is 18.3 Å². The fourth-order valence-corrected chi connectivity index (χ4v) is 5.17. The number of nitrogens with zero attached hydrogens (tertiary/aromatic N) is 2. The average molecular weight is 452 g/mol.